The van der Waals surface area contributed by atoms with Gasteiger partial charge in [0.1, 0.15) is 11.9 Å². The zero-order valence-electron chi connectivity index (χ0n) is 19.4. The summed E-state index contributed by atoms with van der Waals surface area (Å²) in [5.74, 6) is -0.476. The second kappa shape index (κ2) is 10.4. The Labute approximate surface area is 193 Å². The highest BCUT2D eigenvalue weighted by atomic mass is 19.1. The number of hydrogen-bond acceptors (Lipinski definition) is 4. The van der Waals surface area contributed by atoms with Crippen LogP contribution in [-0.4, -0.2) is 40.5 Å². The minimum absolute atomic E-state index is 0.121. The van der Waals surface area contributed by atoms with Gasteiger partial charge in [-0.2, -0.15) is 0 Å². The second-order valence-corrected chi connectivity index (χ2v) is 9.39. The van der Waals surface area contributed by atoms with Crippen LogP contribution in [0, 0.1) is 11.2 Å². The number of halogens is 1. The number of amides is 2. The standard InChI is InChI=1S/C20H24FN3O3.C6H6/c1-12-11-24(16(18(25)22-12)10-20(2,3)4)19(26)15-9-17(27-23-15)13-5-7-14(21)8-6-13;1-2-4-6-5-3-1/h5-9,12,16H,10-11H2,1-4H3,(H,22,25);1-6H. The Hall–Kier alpha value is -3.48. The minimum atomic E-state index is -0.556. The highest BCUT2D eigenvalue weighted by molar-refractivity contribution is 5.97. The highest BCUT2D eigenvalue weighted by Gasteiger charge is 2.39. The molecule has 0 saturated carbocycles. The Kier molecular flexibility index (Phi) is 7.63. The van der Waals surface area contributed by atoms with E-state index in [0.29, 0.717) is 24.3 Å². The van der Waals surface area contributed by atoms with Gasteiger partial charge in [-0.15, -0.1) is 0 Å². The maximum atomic E-state index is 13.1. The predicted molar refractivity (Wildman–Crippen MR) is 125 cm³/mol. The molecule has 7 heteroatoms. The third kappa shape index (κ3) is 6.75. The van der Waals surface area contributed by atoms with E-state index in [4.69, 9.17) is 4.52 Å². The number of carbonyl (C=O) groups is 2. The largest absolute Gasteiger partial charge is 0.355 e. The Morgan fingerprint density at radius 2 is 1.70 bits per heavy atom. The average Bonchev–Trinajstić information content (AvgIpc) is 3.27. The summed E-state index contributed by atoms with van der Waals surface area (Å²) < 4.78 is 18.4. The van der Waals surface area contributed by atoms with E-state index in [9.17, 15) is 14.0 Å². The first kappa shape index (κ1) is 24.2. The van der Waals surface area contributed by atoms with Gasteiger partial charge in [0.05, 0.1) is 0 Å². The lowest BCUT2D eigenvalue weighted by Gasteiger charge is -2.40. The number of benzene rings is 2. The molecule has 4 rings (SSSR count). The van der Waals surface area contributed by atoms with Crippen LogP contribution in [0.15, 0.2) is 71.3 Å². The van der Waals surface area contributed by atoms with Crippen LogP contribution in [0.5, 0.6) is 0 Å². The van der Waals surface area contributed by atoms with Gasteiger partial charge in [-0.1, -0.05) is 62.3 Å². The number of rotatable bonds is 3. The third-order valence-corrected chi connectivity index (χ3v) is 5.13. The van der Waals surface area contributed by atoms with Gasteiger partial charge in [-0.25, -0.2) is 4.39 Å². The van der Waals surface area contributed by atoms with E-state index in [1.807, 2.05) is 64.1 Å². The molecule has 2 heterocycles. The Bertz CT molecular complexity index is 1030. The average molecular weight is 452 g/mol. The zero-order chi connectivity index (χ0) is 24.0. The van der Waals surface area contributed by atoms with E-state index in [0.717, 1.165) is 0 Å². The van der Waals surface area contributed by atoms with E-state index in [2.05, 4.69) is 10.5 Å². The topological polar surface area (TPSA) is 75.4 Å². The third-order valence-electron chi connectivity index (χ3n) is 5.13. The van der Waals surface area contributed by atoms with Gasteiger partial charge in [0.2, 0.25) is 5.91 Å². The van der Waals surface area contributed by atoms with Crippen molar-refractivity contribution < 1.29 is 18.5 Å². The van der Waals surface area contributed by atoms with Crippen LogP contribution in [0.1, 0.15) is 44.6 Å². The molecule has 174 valence electrons. The van der Waals surface area contributed by atoms with Crippen molar-refractivity contribution in [1.29, 1.82) is 0 Å². The van der Waals surface area contributed by atoms with Crippen LogP contribution in [0.25, 0.3) is 11.3 Å². The molecular formula is C26H30FN3O3. The number of aromatic nitrogens is 1. The maximum absolute atomic E-state index is 13.1. The Morgan fingerprint density at radius 3 is 2.24 bits per heavy atom. The molecule has 1 saturated heterocycles. The van der Waals surface area contributed by atoms with Crippen LogP contribution in [0.2, 0.25) is 0 Å². The molecule has 1 N–H and O–H groups in total. The van der Waals surface area contributed by atoms with Crippen LogP contribution >= 0.6 is 0 Å². The molecule has 0 aliphatic carbocycles. The molecule has 0 spiro atoms. The molecule has 1 aromatic heterocycles. The molecule has 0 radical (unpaired) electrons. The van der Waals surface area contributed by atoms with E-state index in [1.165, 1.54) is 18.2 Å². The fourth-order valence-electron chi connectivity index (χ4n) is 3.61. The van der Waals surface area contributed by atoms with Crippen LogP contribution in [0.3, 0.4) is 0 Å². The van der Waals surface area contributed by atoms with Crippen LogP contribution < -0.4 is 5.32 Å². The van der Waals surface area contributed by atoms with Crippen LogP contribution in [0.4, 0.5) is 4.39 Å². The molecule has 2 atom stereocenters. The molecule has 2 amide bonds. The van der Waals surface area contributed by atoms with Crippen molar-refractivity contribution >= 4 is 11.8 Å². The first-order chi connectivity index (χ1) is 15.6. The summed E-state index contributed by atoms with van der Waals surface area (Å²) in [5, 5.41) is 6.79. The fraction of sp³-hybridized carbons (Fsp3) is 0.346. The predicted octanol–water partition coefficient (Wildman–Crippen LogP) is 4.93. The molecule has 1 aliphatic heterocycles. The van der Waals surface area contributed by atoms with Gasteiger partial charge in [0, 0.05) is 24.2 Å². The maximum Gasteiger partial charge on any atom is 0.276 e. The van der Waals surface area contributed by atoms with Gasteiger partial charge in [0.25, 0.3) is 5.91 Å². The van der Waals surface area contributed by atoms with E-state index in [-0.39, 0.29) is 34.8 Å². The number of hydrogen-bond donors (Lipinski definition) is 1. The number of carbonyl (C=O) groups excluding carboxylic acids is 2. The molecule has 1 aliphatic rings. The first-order valence-corrected chi connectivity index (χ1v) is 11.0. The lowest BCUT2D eigenvalue weighted by Crippen LogP contribution is -2.61. The lowest BCUT2D eigenvalue weighted by molar-refractivity contribution is -0.130. The van der Waals surface area contributed by atoms with Gasteiger partial charge in [0.15, 0.2) is 11.5 Å². The molecule has 1 fully saturated rings. The van der Waals surface area contributed by atoms with Crippen molar-refractivity contribution in [3.05, 3.63) is 78.2 Å². The quantitative estimate of drug-likeness (QED) is 0.613. The summed E-state index contributed by atoms with van der Waals surface area (Å²) in [6.45, 7) is 8.36. The number of piperazine rings is 1. The lowest BCUT2D eigenvalue weighted by atomic mass is 9.86. The second-order valence-electron chi connectivity index (χ2n) is 9.39. The molecule has 2 aromatic carbocycles. The monoisotopic (exact) mass is 451 g/mol. The summed E-state index contributed by atoms with van der Waals surface area (Å²) in [7, 11) is 0. The van der Waals surface area contributed by atoms with Crippen molar-refractivity contribution in [2.45, 2.75) is 46.2 Å². The van der Waals surface area contributed by atoms with Gasteiger partial charge >= 0.3 is 0 Å². The molecule has 2 unspecified atom stereocenters. The van der Waals surface area contributed by atoms with E-state index >= 15 is 0 Å². The SMILES string of the molecule is CC1CN(C(=O)c2cc(-c3ccc(F)cc3)on2)C(CC(C)(C)C)C(=O)N1.c1ccccc1. The summed E-state index contributed by atoms with van der Waals surface area (Å²) in [5.41, 5.74) is 0.638. The minimum Gasteiger partial charge on any atom is -0.355 e. The van der Waals surface area contributed by atoms with Crippen molar-refractivity contribution in [3.8, 4) is 11.3 Å². The zero-order valence-corrected chi connectivity index (χ0v) is 19.4. The molecule has 33 heavy (non-hydrogen) atoms. The van der Waals surface area contributed by atoms with Crippen molar-refractivity contribution in [1.82, 2.24) is 15.4 Å². The van der Waals surface area contributed by atoms with Crippen molar-refractivity contribution in [2.75, 3.05) is 6.54 Å². The van der Waals surface area contributed by atoms with E-state index < -0.39 is 6.04 Å². The first-order valence-electron chi connectivity index (χ1n) is 11.0. The summed E-state index contributed by atoms with van der Waals surface area (Å²) >= 11 is 0. The van der Waals surface area contributed by atoms with E-state index in [1.54, 1.807) is 17.0 Å². The molecule has 6 nitrogen and oxygen atoms in total. The fourth-order valence-corrected chi connectivity index (χ4v) is 3.61. The summed E-state index contributed by atoms with van der Waals surface area (Å²) in [6, 6.07) is 18.6. The van der Waals surface area contributed by atoms with Crippen molar-refractivity contribution in [3.63, 3.8) is 0 Å². The number of nitrogens with one attached hydrogen (secondary N) is 1. The molecule has 3 aromatic rings. The summed E-state index contributed by atoms with van der Waals surface area (Å²) in [6.07, 6.45) is 0.542. The Balaban J connectivity index is 0.000000442. The normalized spacial score (nSPS) is 18.2. The van der Waals surface area contributed by atoms with Gasteiger partial charge in [-0.05, 0) is 43.0 Å². The smallest absolute Gasteiger partial charge is 0.276 e. The Morgan fingerprint density at radius 1 is 1.12 bits per heavy atom. The van der Waals surface area contributed by atoms with Gasteiger partial charge < -0.3 is 14.7 Å². The van der Waals surface area contributed by atoms with Gasteiger partial charge in [-0.3, -0.25) is 9.59 Å². The summed E-state index contributed by atoms with van der Waals surface area (Å²) in [4.78, 5) is 27.1. The highest BCUT2D eigenvalue weighted by Crippen LogP contribution is 2.27. The van der Waals surface area contributed by atoms with Crippen LogP contribution in [-0.2, 0) is 4.79 Å². The van der Waals surface area contributed by atoms with Crippen molar-refractivity contribution in [2.24, 2.45) is 5.41 Å². The molecule has 0 bridgehead atoms. The molecular weight excluding hydrogens is 421 g/mol. The number of nitrogens with zero attached hydrogens (tertiary/aromatic N) is 2.